The quantitative estimate of drug-likeness (QED) is 0.601. The van der Waals surface area contributed by atoms with E-state index in [9.17, 15) is 4.79 Å². The summed E-state index contributed by atoms with van der Waals surface area (Å²) in [6, 6.07) is 3.98. The van der Waals surface area contributed by atoms with Crippen molar-refractivity contribution in [3.8, 4) is 0 Å². The van der Waals surface area contributed by atoms with Crippen LogP contribution in [-0.4, -0.2) is 21.7 Å². The van der Waals surface area contributed by atoms with Gasteiger partial charge in [-0.25, -0.2) is 0 Å². The predicted octanol–water partition coefficient (Wildman–Crippen LogP) is 3.46. The lowest BCUT2D eigenvalue weighted by molar-refractivity contribution is -0.132. The van der Waals surface area contributed by atoms with Crippen molar-refractivity contribution < 1.29 is 4.79 Å². The molecule has 0 radical (unpaired) electrons. The lowest BCUT2D eigenvalue weighted by Crippen LogP contribution is -2.32. The summed E-state index contributed by atoms with van der Waals surface area (Å²) in [7, 11) is 0. The van der Waals surface area contributed by atoms with Crippen molar-refractivity contribution in [2.24, 2.45) is 5.92 Å². The van der Waals surface area contributed by atoms with Crippen LogP contribution in [-0.2, 0) is 11.3 Å². The molecule has 0 aliphatic heterocycles. The van der Waals surface area contributed by atoms with Gasteiger partial charge in [-0.05, 0) is 17.9 Å². The minimum absolute atomic E-state index is 0.0169. The summed E-state index contributed by atoms with van der Waals surface area (Å²) in [5, 5.41) is 2.00. The third-order valence-corrected chi connectivity index (χ3v) is 4.41. The van der Waals surface area contributed by atoms with Crippen LogP contribution >= 0.6 is 34.5 Å². The molecule has 92 valence electrons. The van der Waals surface area contributed by atoms with Gasteiger partial charge in [0.15, 0.2) is 0 Å². The summed E-state index contributed by atoms with van der Waals surface area (Å²) < 4.78 is -0.855. The van der Waals surface area contributed by atoms with Crippen LogP contribution in [0.3, 0.4) is 0 Å². The van der Waals surface area contributed by atoms with Crippen molar-refractivity contribution in [1.82, 2.24) is 4.90 Å². The first-order valence-corrected chi connectivity index (χ1v) is 6.98. The molecule has 1 amide bonds. The first-order chi connectivity index (χ1) is 8.04. The molecule has 1 unspecified atom stereocenters. The highest BCUT2D eigenvalue weighted by molar-refractivity contribution is 7.09. The average molecular weight is 290 g/mol. The van der Waals surface area contributed by atoms with Crippen molar-refractivity contribution in [2.75, 3.05) is 6.54 Å². The number of alkyl halides is 2. The molecule has 0 N–H and O–H groups in total. The van der Waals surface area contributed by atoms with Gasteiger partial charge in [0, 0.05) is 11.4 Å². The molecule has 1 saturated carbocycles. The topological polar surface area (TPSA) is 20.3 Å². The van der Waals surface area contributed by atoms with Crippen LogP contribution in [0.4, 0.5) is 0 Å². The summed E-state index contributed by atoms with van der Waals surface area (Å²) in [6.07, 6.45) is 2.27. The van der Waals surface area contributed by atoms with E-state index < -0.39 is 4.33 Å². The van der Waals surface area contributed by atoms with Gasteiger partial charge in [-0.2, -0.15) is 0 Å². The van der Waals surface area contributed by atoms with Crippen LogP contribution in [0.2, 0.25) is 0 Å². The predicted molar refractivity (Wildman–Crippen MR) is 72.5 cm³/mol. The second-order valence-electron chi connectivity index (χ2n) is 4.10. The highest BCUT2D eigenvalue weighted by atomic mass is 35.5. The number of hydrogen-bond acceptors (Lipinski definition) is 2. The largest absolute Gasteiger partial charge is 0.334 e. The fourth-order valence-corrected chi connectivity index (χ4v) is 2.90. The van der Waals surface area contributed by atoms with Crippen molar-refractivity contribution in [1.29, 1.82) is 0 Å². The molecule has 1 fully saturated rings. The molecule has 0 aromatic carbocycles. The zero-order chi connectivity index (χ0) is 12.5. The SMILES string of the molecule is C=CCN(Cc1cccs1)C(=O)C1CC1(Cl)Cl. The Morgan fingerprint density at radius 2 is 2.41 bits per heavy atom. The van der Waals surface area contributed by atoms with E-state index in [0.717, 1.165) is 4.88 Å². The first kappa shape index (κ1) is 12.9. The van der Waals surface area contributed by atoms with Gasteiger partial charge < -0.3 is 4.90 Å². The van der Waals surface area contributed by atoms with Crippen LogP contribution < -0.4 is 0 Å². The minimum Gasteiger partial charge on any atom is -0.334 e. The molecule has 17 heavy (non-hydrogen) atoms. The van der Waals surface area contributed by atoms with Gasteiger partial charge in [0.1, 0.15) is 4.33 Å². The van der Waals surface area contributed by atoms with Crippen LogP contribution in [0.15, 0.2) is 30.2 Å². The van der Waals surface area contributed by atoms with Gasteiger partial charge >= 0.3 is 0 Å². The molecule has 0 spiro atoms. The van der Waals surface area contributed by atoms with Crippen LogP contribution in [0.5, 0.6) is 0 Å². The van der Waals surface area contributed by atoms with Crippen LogP contribution in [0.1, 0.15) is 11.3 Å². The second kappa shape index (κ2) is 5.01. The first-order valence-electron chi connectivity index (χ1n) is 5.34. The lowest BCUT2D eigenvalue weighted by Gasteiger charge is -2.20. The Balaban J connectivity index is 2.02. The number of amides is 1. The number of thiophene rings is 1. The van der Waals surface area contributed by atoms with E-state index in [-0.39, 0.29) is 11.8 Å². The summed E-state index contributed by atoms with van der Waals surface area (Å²) >= 11 is 13.5. The Bertz CT molecular complexity index is 416. The number of carbonyl (C=O) groups is 1. The molecule has 0 bridgehead atoms. The standard InChI is InChI=1S/C12H13Cl2NOS/c1-2-5-15(8-9-4-3-6-17-9)11(16)10-7-12(10,13)14/h2-4,6,10H,1,5,7-8H2. The van der Waals surface area contributed by atoms with E-state index in [0.29, 0.717) is 19.5 Å². The maximum atomic E-state index is 12.2. The summed E-state index contributed by atoms with van der Waals surface area (Å²) in [4.78, 5) is 15.0. The molecule has 2 nitrogen and oxygen atoms in total. The van der Waals surface area contributed by atoms with Gasteiger partial charge in [0.25, 0.3) is 0 Å². The zero-order valence-corrected chi connectivity index (χ0v) is 11.6. The van der Waals surface area contributed by atoms with E-state index in [1.54, 1.807) is 22.3 Å². The smallest absolute Gasteiger partial charge is 0.229 e. The van der Waals surface area contributed by atoms with E-state index in [4.69, 9.17) is 23.2 Å². The Kier molecular flexibility index (Phi) is 3.81. The Labute approximate surface area is 115 Å². The van der Waals surface area contributed by atoms with Gasteiger partial charge in [0.2, 0.25) is 5.91 Å². The fourth-order valence-electron chi connectivity index (χ4n) is 1.68. The van der Waals surface area contributed by atoms with Gasteiger partial charge in [-0.1, -0.05) is 12.1 Å². The highest BCUT2D eigenvalue weighted by Crippen LogP contribution is 2.54. The summed E-state index contributed by atoms with van der Waals surface area (Å²) in [5.41, 5.74) is 0. The van der Waals surface area contributed by atoms with Gasteiger partial charge in [-0.15, -0.1) is 41.1 Å². The molecule has 1 aromatic heterocycles. The molecule has 1 aliphatic carbocycles. The molecule has 0 saturated heterocycles. The van der Waals surface area contributed by atoms with Gasteiger partial charge in [-0.3, -0.25) is 4.79 Å². The van der Waals surface area contributed by atoms with Gasteiger partial charge in [0.05, 0.1) is 12.5 Å². The van der Waals surface area contributed by atoms with Crippen molar-refractivity contribution in [2.45, 2.75) is 17.3 Å². The van der Waals surface area contributed by atoms with Crippen LogP contribution in [0, 0.1) is 5.92 Å². The maximum absolute atomic E-state index is 12.2. The molecular weight excluding hydrogens is 277 g/mol. The molecule has 1 heterocycles. The number of rotatable bonds is 5. The minimum atomic E-state index is -0.855. The highest BCUT2D eigenvalue weighted by Gasteiger charge is 2.57. The second-order valence-corrected chi connectivity index (χ2v) is 6.68. The number of hydrogen-bond donors (Lipinski definition) is 0. The third kappa shape index (κ3) is 3.03. The van der Waals surface area contributed by atoms with Crippen LogP contribution in [0.25, 0.3) is 0 Å². The van der Waals surface area contributed by atoms with Crippen molar-refractivity contribution >= 4 is 40.4 Å². The van der Waals surface area contributed by atoms with Crippen molar-refractivity contribution in [3.05, 3.63) is 35.0 Å². The number of nitrogens with zero attached hydrogens (tertiary/aromatic N) is 1. The van der Waals surface area contributed by atoms with Crippen molar-refractivity contribution in [3.63, 3.8) is 0 Å². The van der Waals surface area contributed by atoms with E-state index in [1.165, 1.54) is 0 Å². The number of carbonyl (C=O) groups excluding carboxylic acids is 1. The maximum Gasteiger partial charge on any atom is 0.229 e. The van der Waals surface area contributed by atoms with E-state index in [1.807, 2.05) is 17.5 Å². The molecule has 1 aliphatic rings. The molecular formula is C12H13Cl2NOS. The Hall–Kier alpha value is -0.510. The Morgan fingerprint density at radius 1 is 1.71 bits per heavy atom. The molecule has 1 aromatic rings. The monoisotopic (exact) mass is 289 g/mol. The average Bonchev–Trinajstić information content (AvgIpc) is 2.71. The molecule has 1 atom stereocenters. The Morgan fingerprint density at radius 3 is 2.88 bits per heavy atom. The fraction of sp³-hybridized carbons (Fsp3) is 0.417. The molecule has 5 heteroatoms. The normalized spacial score (nSPS) is 20.9. The third-order valence-electron chi connectivity index (χ3n) is 2.71. The summed E-state index contributed by atoms with van der Waals surface area (Å²) in [6.45, 7) is 4.80. The van der Waals surface area contributed by atoms with E-state index >= 15 is 0 Å². The van der Waals surface area contributed by atoms with E-state index in [2.05, 4.69) is 6.58 Å². The zero-order valence-electron chi connectivity index (χ0n) is 9.23. The summed E-state index contributed by atoms with van der Waals surface area (Å²) in [5.74, 6) is -0.242. The lowest BCUT2D eigenvalue weighted by atomic mass is 10.3. The molecule has 2 rings (SSSR count). The number of halogens is 2.